The van der Waals surface area contributed by atoms with Crippen LogP contribution in [0.2, 0.25) is 0 Å². The van der Waals surface area contributed by atoms with Crippen LogP contribution in [-0.4, -0.2) is 38.0 Å². The lowest BCUT2D eigenvalue weighted by molar-refractivity contribution is 0.210. The summed E-state index contributed by atoms with van der Waals surface area (Å²) in [7, 11) is -1.63. The number of nitrogens with one attached hydrogen (secondary N) is 2. The molecule has 0 spiro atoms. The van der Waals surface area contributed by atoms with Crippen LogP contribution < -0.4 is 10.6 Å². The highest BCUT2D eigenvalue weighted by atomic mass is 32.2. The maximum absolute atomic E-state index is 12.0. The molecule has 1 aliphatic rings. The molecule has 0 aromatic carbocycles. The first kappa shape index (κ1) is 14.2. The van der Waals surface area contributed by atoms with Crippen LogP contribution in [0.25, 0.3) is 0 Å². The Kier molecular flexibility index (Phi) is 3.28. The number of anilines is 2. The van der Waals surface area contributed by atoms with Gasteiger partial charge in [-0.25, -0.2) is 13.1 Å². The van der Waals surface area contributed by atoms with Crippen molar-refractivity contribution in [2.45, 2.75) is 38.1 Å². The van der Waals surface area contributed by atoms with Gasteiger partial charge in [-0.2, -0.15) is 5.10 Å². The van der Waals surface area contributed by atoms with Crippen molar-refractivity contribution in [1.82, 2.24) is 9.78 Å². The van der Waals surface area contributed by atoms with Crippen LogP contribution in [0.15, 0.2) is 4.90 Å². The third kappa shape index (κ3) is 2.43. The minimum absolute atomic E-state index is 0.0304. The van der Waals surface area contributed by atoms with E-state index in [4.69, 9.17) is 0 Å². The maximum atomic E-state index is 12.0. The molecule has 6 nitrogen and oxygen atoms in total. The second-order valence-corrected chi connectivity index (χ2v) is 8.04. The number of fused-ring (bicyclic) bond motifs is 1. The van der Waals surface area contributed by atoms with Gasteiger partial charge in [-0.1, -0.05) is 20.8 Å². The quantitative estimate of drug-likeness (QED) is 0.866. The van der Waals surface area contributed by atoms with E-state index in [2.05, 4.69) is 36.5 Å². The molecule has 0 fully saturated rings. The van der Waals surface area contributed by atoms with Crippen LogP contribution in [0.4, 0.5) is 11.6 Å². The summed E-state index contributed by atoms with van der Waals surface area (Å²) in [5.41, 5.74) is 0.0304. The number of sulfone groups is 1. The third-order valence-corrected chi connectivity index (χ3v) is 4.61. The summed E-state index contributed by atoms with van der Waals surface area (Å²) in [6.07, 6.45) is 2.15. The van der Waals surface area contributed by atoms with E-state index in [1.54, 1.807) is 7.05 Å². The van der Waals surface area contributed by atoms with Crippen LogP contribution in [-0.2, 0) is 9.84 Å². The smallest absolute Gasteiger partial charge is 0.182 e. The Bertz CT molecular complexity index is 584. The average molecular weight is 286 g/mol. The predicted octanol–water partition coefficient (Wildman–Crippen LogP) is 1.73. The van der Waals surface area contributed by atoms with Gasteiger partial charge < -0.3 is 10.6 Å². The van der Waals surface area contributed by atoms with Crippen molar-refractivity contribution in [3.8, 4) is 0 Å². The third-order valence-electron chi connectivity index (χ3n) is 3.48. The highest BCUT2D eigenvalue weighted by molar-refractivity contribution is 7.91. The van der Waals surface area contributed by atoms with Gasteiger partial charge in [-0.15, -0.1) is 0 Å². The molecule has 1 unspecified atom stereocenters. The van der Waals surface area contributed by atoms with Crippen molar-refractivity contribution in [3.05, 3.63) is 0 Å². The Labute approximate surface area is 114 Å². The topological polar surface area (TPSA) is 76.0 Å². The Morgan fingerprint density at radius 3 is 2.53 bits per heavy atom. The van der Waals surface area contributed by atoms with E-state index in [-0.39, 0.29) is 16.4 Å². The molecule has 2 heterocycles. The fourth-order valence-electron chi connectivity index (χ4n) is 2.57. The molecule has 1 atom stereocenters. The van der Waals surface area contributed by atoms with E-state index in [1.807, 2.05) is 4.68 Å². The Balaban J connectivity index is 2.66. The zero-order valence-corrected chi connectivity index (χ0v) is 12.9. The van der Waals surface area contributed by atoms with Gasteiger partial charge in [0.1, 0.15) is 5.82 Å². The minimum Gasteiger partial charge on any atom is -0.371 e. The van der Waals surface area contributed by atoms with Crippen molar-refractivity contribution in [3.63, 3.8) is 0 Å². The van der Waals surface area contributed by atoms with Gasteiger partial charge in [0.2, 0.25) is 0 Å². The molecule has 1 aliphatic heterocycles. The van der Waals surface area contributed by atoms with Gasteiger partial charge in [-0.05, 0) is 11.8 Å². The zero-order valence-electron chi connectivity index (χ0n) is 12.1. The molecule has 0 amide bonds. The number of rotatable bonds is 2. The minimum atomic E-state index is -3.32. The molecule has 2 N–H and O–H groups in total. The van der Waals surface area contributed by atoms with Gasteiger partial charge in [0.15, 0.2) is 20.6 Å². The summed E-state index contributed by atoms with van der Waals surface area (Å²) < 4.78 is 25.8. The Morgan fingerprint density at radius 2 is 2.05 bits per heavy atom. The first-order valence-corrected chi connectivity index (χ1v) is 8.29. The van der Waals surface area contributed by atoms with Crippen molar-refractivity contribution in [2.75, 3.05) is 30.5 Å². The van der Waals surface area contributed by atoms with Gasteiger partial charge >= 0.3 is 0 Å². The first-order valence-electron chi connectivity index (χ1n) is 6.40. The Morgan fingerprint density at radius 1 is 1.42 bits per heavy atom. The molecular weight excluding hydrogens is 264 g/mol. The van der Waals surface area contributed by atoms with E-state index in [0.717, 1.165) is 13.0 Å². The molecule has 2 rings (SSSR count). The van der Waals surface area contributed by atoms with Gasteiger partial charge in [-0.3, -0.25) is 0 Å². The zero-order chi connectivity index (χ0) is 14.4. The summed E-state index contributed by atoms with van der Waals surface area (Å²) in [4.78, 5) is 0.268. The molecular formula is C12H22N4O2S. The summed E-state index contributed by atoms with van der Waals surface area (Å²) in [6, 6.07) is 0.186. The predicted molar refractivity (Wildman–Crippen MR) is 76.5 cm³/mol. The fourth-order valence-corrected chi connectivity index (χ4v) is 3.58. The van der Waals surface area contributed by atoms with Gasteiger partial charge in [0.25, 0.3) is 0 Å². The van der Waals surface area contributed by atoms with Crippen molar-refractivity contribution >= 4 is 21.5 Å². The van der Waals surface area contributed by atoms with E-state index in [0.29, 0.717) is 11.6 Å². The van der Waals surface area contributed by atoms with Gasteiger partial charge in [0.05, 0.1) is 6.04 Å². The SMILES string of the molecule is CNc1nn2c(c1S(C)(=O)=O)NCCC2C(C)(C)C. The molecule has 19 heavy (non-hydrogen) atoms. The molecule has 0 bridgehead atoms. The summed E-state index contributed by atoms with van der Waals surface area (Å²) >= 11 is 0. The van der Waals surface area contributed by atoms with E-state index < -0.39 is 9.84 Å². The molecule has 0 saturated heterocycles. The van der Waals surface area contributed by atoms with Crippen LogP contribution in [0, 0.1) is 5.41 Å². The summed E-state index contributed by atoms with van der Waals surface area (Å²) in [6.45, 7) is 7.20. The summed E-state index contributed by atoms with van der Waals surface area (Å²) in [5.74, 6) is 1.03. The molecule has 0 radical (unpaired) electrons. The number of hydrogen-bond acceptors (Lipinski definition) is 5. The second kappa shape index (κ2) is 4.40. The monoisotopic (exact) mass is 286 g/mol. The normalized spacial score (nSPS) is 19.7. The molecule has 1 aromatic rings. The average Bonchev–Trinajstić information content (AvgIpc) is 2.64. The second-order valence-electron chi connectivity index (χ2n) is 6.09. The Hall–Kier alpha value is -1.24. The lowest BCUT2D eigenvalue weighted by Gasteiger charge is -2.35. The van der Waals surface area contributed by atoms with E-state index in [9.17, 15) is 8.42 Å². The molecule has 7 heteroatoms. The van der Waals surface area contributed by atoms with E-state index in [1.165, 1.54) is 6.26 Å². The number of nitrogens with zero attached hydrogens (tertiary/aromatic N) is 2. The van der Waals surface area contributed by atoms with Gasteiger partial charge in [0, 0.05) is 19.8 Å². The highest BCUT2D eigenvalue weighted by Gasteiger charge is 2.36. The van der Waals surface area contributed by atoms with E-state index >= 15 is 0 Å². The maximum Gasteiger partial charge on any atom is 0.182 e. The first-order chi connectivity index (χ1) is 8.66. The lowest BCUT2D eigenvalue weighted by atomic mass is 9.84. The van der Waals surface area contributed by atoms with Crippen molar-refractivity contribution in [2.24, 2.45) is 5.41 Å². The highest BCUT2D eigenvalue weighted by Crippen LogP contribution is 2.41. The molecule has 0 saturated carbocycles. The summed E-state index contributed by atoms with van der Waals surface area (Å²) in [5, 5.41) is 10.5. The molecule has 0 aliphatic carbocycles. The molecule has 108 valence electrons. The lowest BCUT2D eigenvalue weighted by Crippen LogP contribution is -2.32. The van der Waals surface area contributed by atoms with Crippen molar-refractivity contribution < 1.29 is 8.42 Å². The molecule has 1 aromatic heterocycles. The number of aromatic nitrogens is 2. The largest absolute Gasteiger partial charge is 0.371 e. The number of hydrogen-bond donors (Lipinski definition) is 2. The van der Waals surface area contributed by atoms with Crippen LogP contribution in [0.3, 0.4) is 0 Å². The fraction of sp³-hybridized carbons (Fsp3) is 0.750. The van der Waals surface area contributed by atoms with Crippen LogP contribution in [0.5, 0.6) is 0 Å². The van der Waals surface area contributed by atoms with Crippen LogP contribution >= 0.6 is 0 Å². The van der Waals surface area contributed by atoms with Crippen LogP contribution in [0.1, 0.15) is 33.2 Å². The standard InChI is InChI=1S/C12H22N4O2S/c1-12(2,3)8-6-7-14-11-9(19(5,17)18)10(13-4)15-16(8)11/h8,14H,6-7H2,1-5H3,(H,13,15). The van der Waals surface area contributed by atoms with Crippen molar-refractivity contribution in [1.29, 1.82) is 0 Å².